The Labute approximate surface area is 110 Å². The van der Waals surface area contributed by atoms with Gasteiger partial charge in [-0.05, 0) is 17.9 Å². The summed E-state index contributed by atoms with van der Waals surface area (Å²) in [4.78, 5) is 4.45. The number of pyridine rings is 1. The number of amidine groups is 1. The SMILES string of the molecule is CCSC(N)=NN=Cc1ccc2ccccc2n1. The van der Waals surface area contributed by atoms with Gasteiger partial charge in [0.2, 0.25) is 0 Å². The first kappa shape index (κ1) is 12.6. The number of benzene rings is 1. The maximum absolute atomic E-state index is 5.62. The quantitative estimate of drug-likeness (QED) is 0.523. The van der Waals surface area contributed by atoms with E-state index in [-0.39, 0.29) is 0 Å². The number of thioether (sulfide) groups is 1. The Morgan fingerprint density at radius 3 is 3.00 bits per heavy atom. The Morgan fingerprint density at radius 2 is 2.17 bits per heavy atom. The summed E-state index contributed by atoms with van der Waals surface area (Å²) < 4.78 is 0. The lowest BCUT2D eigenvalue weighted by Crippen LogP contribution is -2.05. The fourth-order valence-electron chi connectivity index (χ4n) is 1.48. The molecule has 1 aromatic heterocycles. The van der Waals surface area contributed by atoms with Crippen molar-refractivity contribution in [1.29, 1.82) is 0 Å². The lowest BCUT2D eigenvalue weighted by molar-refractivity contribution is 1.24. The van der Waals surface area contributed by atoms with Crippen LogP contribution in [0.2, 0.25) is 0 Å². The topological polar surface area (TPSA) is 63.6 Å². The van der Waals surface area contributed by atoms with E-state index in [1.165, 1.54) is 11.8 Å². The number of rotatable bonds is 3. The van der Waals surface area contributed by atoms with Crippen molar-refractivity contribution >= 4 is 34.0 Å². The summed E-state index contributed by atoms with van der Waals surface area (Å²) >= 11 is 1.46. The number of hydrogen-bond donors (Lipinski definition) is 1. The molecule has 2 aromatic rings. The van der Waals surface area contributed by atoms with E-state index in [9.17, 15) is 0 Å². The minimum atomic E-state index is 0.467. The number of para-hydroxylation sites is 1. The van der Waals surface area contributed by atoms with E-state index in [1.54, 1.807) is 6.21 Å². The molecule has 5 heteroatoms. The number of fused-ring (bicyclic) bond motifs is 1. The average molecular weight is 258 g/mol. The largest absolute Gasteiger partial charge is 0.377 e. The van der Waals surface area contributed by atoms with Gasteiger partial charge in [0.1, 0.15) is 0 Å². The van der Waals surface area contributed by atoms with Crippen LogP contribution in [0.5, 0.6) is 0 Å². The van der Waals surface area contributed by atoms with Gasteiger partial charge in [-0.25, -0.2) is 4.98 Å². The highest BCUT2D eigenvalue weighted by molar-refractivity contribution is 8.13. The maximum Gasteiger partial charge on any atom is 0.180 e. The van der Waals surface area contributed by atoms with Crippen molar-refractivity contribution < 1.29 is 0 Å². The van der Waals surface area contributed by atoms with Gasteiger partial charge in [-0.1, -0.05) is 43.0 Å². The molecule has 0 amide bonds. The summed E-state index contributed by atoms with van der Waals surface area (Å²) in [6.07, 6.45) is 1.61. The predicted octanol–water partition coefficient (Wildman–Crippen LogP) is 2.64. The zero-order valence-corrected chi connectivity index (χ0v) is 10.9. The van der Waals surface area contributed by atoms with Crippen molar-refractivity contribution in [3.63, 3.8) is 0 Å². The Hall–Kier alpha value is -1.88. The van der Waals surface area contributed by atoms with E-state index in [0.29, 0.717) is 5.17 Å². The third-order valence-corrected chi connectivity index (χ3v) is 2.92. The van der Waals surface area contributed by atoms with Gasteiger partial charge >= 0.3 is 0 Å². The summed E-state index contributed by atoms with van der Waals surface area (Å²) in [6, 6.07) is 11.9. The molecule has 4 nitrogen and oxygen atoms in total. The van der Waals surface area contributed by atoms with Gasteiger partial charge in [-0.3, -0.25) is 0 Å². The molecular formula is C13H14N4S. The van der Waals surface area contributed by atoms with Gasteiger partial charge in [0.15, 0.2) is 5.17 Å². The van der Waals surface area contributed by atoms with Crippen LogP contribution in [-0.2, 0) is 0 Å². The molecule has 1 heterocycles. The summed E-state index contributed by atoms with van der Waals surface area (Å²) in [5.41, 5.74) is 7.33. The van der Waals surface area contributed by atoms with Crippen LogP contribution in [0.4, 0.5) is 0 Å². The number of hydrogen-bond acceptors (Lipinski definition) is 4. The van der Waals surface area contributed by atoms with E-state index < -0.39 is 0 Å². The monoisotopic (exact) mass is 258 g/mol. The predicted molar refractivity (Wildman–Crippen MR) is 79.1 cm³/mol. The summed E-state index contributed by atoms with van der Waals surface area (Å²) in [5.74, 6) is 0.888. The van der Waals surface area contributed by atoms with E-state index in [2.05, 4.69) is 15.2 Å². The standard InChI is InChI=1S/C13H14N4S/c1-2-18-13(14)17-15-9-11-8-7-10-5-3-4-6-12(10)16-11/h3-9H,2H2,1H3,(H2,14,17). The summed E-state index contributed by atoms with van der Waals surface area (Å²) in [6.45, 7) is 2.02. The molecule has 92 valence electrons. The molecule has 0 saturated carbocycles. The van der Waals surface area contributed by atoms with E-state index in [0.717, 1.165) is 22.3 Å². The van der Waals surface area contributed by atoms with Crippen molar-refractivity contribution in [2.45, 2.75) is 6.92 Å². The minimum Gasteiger partial charge on any atom is -0.377 e. The minimum absolute atomic E-state index is 0.467. The fourth-order valence-corrected chi connectivity index (χ4v) is 1.88. The van der Waals surface area contributed by atoms with Crippen LogP contribution in [0.1, 0.15) is 12.6 Å². The first-order chi connectivity index (χ1) is 8.79. The first-order valence-electron chi connectivity index (χ1n) is 5.64. The molecule has 0 fully saturated rings. The molecule has 0 unspecified atom stereocenters. The highest BCUT2D eigenvalue weighted by Crippen LogP contribution is 2.10. The Morgan fingerprint density at radius 1 is 1.33 bits per heavy atom. The average Bonchev–Trinajstić information content (AvgIpc) is 2.39. The van der Waals surface area contributed by atoms with Crippen LogP contribution in [0.25, 0.3) is 10.9 Å². The number of nitrogens with zero attached hydrogens (tertiary/aromatic N) is 3. The van der Waals surface area contributed by atoms with Gasteiger partial charge in [-0.2, -0.15) is 5.10 Å². The molecule has 1 aromatic carbocycles. The van der Waals surface area contributed by atoms with Crippen molar-refractivity contribution in [1.82, 2.24) is 4.98 Å². The van der Waals surface area contributed by atoms with Crippen LogP contribution in [0.3, 0.4) is 0 Å². The van der Waals surface area contributed by atoms with Crippen molar-refractivity contribution in [3.8, 4) is 0 Å². The molecule has 0 aliphatic carbocycles. The summed E-state index contributed by atoms with van der Waals surface area (Å²) in [7, 11) is 0. The molecule has 2 N–H and O–H groups in total. The first-order valence-corrected chi connectivity index (χ1v) is 6.63. The Balaban J connectivity index is 2.17. The van der Waals surface area contributed by atoms with E-state index in [4.69, 9.17) is 5.73 Å². The second-order valence-electron chi connectivity index (χ2n) is 3.54. The second kappa shape index (κ2) is 6.16. The zero-order chi connectivity index (χ0) is 12.8. The van der Waals surface area contributed by atoms with Gasteiger partial charge in [-0.15, -0.1) is 5.10 Å². The highest BCUT2D eigenvalue weighted by Gasteiger charge is 1.94. The molecule has 0 aliphatic heterocycles. The molecule has 0 saturated heterocycles. The van der Waals surface area contributed by atoms with E-state index >= 15 is 0 Å². The van der Waals surface area contributed by atoms with Gasteiger partial charge in [0, 0.05) is 5.39 Å². The molecule has 0 bridgehead atoms. The molecule has 0 radical (unpaired) electrons. The van der Waals surface area contributed by atoms with Crippen LogP contribution in [0, 0.1) is 0 Å². The van der Waals surface area contributed by atoms with Crippen LogP contribution in [0.15, 0.2) is 46.6 Å². The van der Waals surface area contributed by atoms with E-state index in [1.807, 2.05) is 43.3 Å². The fraction of sp³-hybridized carbons (Fsp3) is 0.154. The molecule has 2 rings (SSSR count). The second-order valence-corrected chi connectivity index (χ2v) is 4.83. The van der Waals surface area contributed by atoms with Crippen LogP contribution in [-0.4, -0.2) is 22.1 Å². The van der Waals surface area contributed by atoms with Gasteiger partial charge in [0.05, 0.1) is 17.4 Å². The van der Waals surface area contributed by atoms with Crippen molar-refractivity contribution in [3.05, 3.63) is 42.1 Å². The Bertz CT molecular complexity index is 592. The van der Waals surface area contributed by atoms with Gasteiger partial charge < -0.3 is 5.73 Å². The molecule has 0 spiro atoms. The van der Waals surface area contributed by atoms with Crippen molar-refractivity contribution in [2.75, 3.05) is 5.75 Å². The molecule has 18 heavy (non-hydrogen) atoms. The lowest BCUT2D eigenvalue weighted by Gasteiger charge is -1.97. The smallest absolute Gasteiger partial charge is 0.180 e. The van der Waals surface area contributed by atoms with Crippen LogP contribution >= 0.6 is 11.8 Å². The molecule has 0 aliphatic rings. The summed E-state index contributed by atoms with van der Waals surface area (Å²) in [5, 5.41) is 9.38. The maximum atomic E-state index is 5.62. The zero-order valence-electron chi connectivity index (χ0n) is 10.1. The molecule has 0 atom stereocenters. The van der Waals surface area contributed by atoms with Crippen LogP contribution < -0.4 is 5.73 Å². The van der Waals surface area contributed by atoms with Gasteiger partial charge in [0.25, 0.3) is 0 Å². The third kappa shape index (κ3) is 3.30. The number of nitrogens with two attached hydrogens (primary N) is 1. The molecular weight excluding hydrogens is 244 g/mol. The highest BCUT2D eigenvalue weighted by atomic mass is 32.2. The normalized spacial score (nSPS) is 12.4. The number of aromatic nitrogens is 1. The third-order valence-electron chi connectivity index (χ3n) is 2.26. The van der Waals surface area contributed by atoms with Crippen molar-refractivity contribution in [2.24, 2.45) is 15.9 Å². The Kier molecular flexibility index (Phi) is 4.30. The lowest BCUT2D eigenvalue weighted by atomic mass is 10.2.